The van der Waals surface area contributed by atoms with Crippen molar-refractivity contribution in [3.05, 3.63) is 35.9 Å². The molecule has 6 heteroatoms. The van der Waals surface area contributed by atoms with Crippen molar-refractivity contribution in [2.75, 3.05) is 5.75 Å². The highest BCUT2D eigenvalue weighted by molar-refractivity contribution is 7.99. The zero-order valence-electron chi connectivity index (χ0n) is 11.2. The number of rotatable bonds is 4. The fourth-order valence-corrected chi connectivity index (χ4v) is 2.04. The Balaban J connectivity index is 1.96. The van der Waals surface area contributed by atoms with Gasteiger partial charge in [0.1, 0.15) is 0 Å². The highest BCUT2D eigenvalue weighted by atomic mass is 32.2. The number of nitrogens with zero attached hydrogens (tertiary/aromatic N) is 4. The van der Waals surface area contributed by atoms with E-state index < -0.39 is 0 Å². The summed E-state index contributed by atoms with van der Waals surface area (Å²) in [5.41, 5.74) is 0.508. The average Bonchev–Trinajstić information content (AvgIpc) is 2.86. The number of hydrogen-bond donors (Lipinski definition) is 0. The van der Waals surface area contributed by atoms with Crippen LogP contribution in [0.2, 0.25) is 0 Å². The lowest BCUT2D eigenvalue weighted by molar-refractivity contribution is 0.102. The number of thioether (sulfide) groups is 1. The standard InChI is InChI=1S/C13H16N4OS/c1-13(2,3)17-15-12(14-16-17)19-9-11(18)10-7-5-4-6-8-10/h4-8H,9H2,1-3H3. The first-order chi connectivity index (χ1) is 8.97. The summed E-state index contributed by atoms with van der Waals surface area (Å²) in [5.74, 6) is 0.387. The van der Waals surface area contributed by atoms with Gasteiger partial charge < -0.3 is 0 Å². The highest BCUT2D eigenvalue weighted by Gasteiger charge is 2.17. The second kappa shape index (κ2) is 5.52. The zero-order valence-corrected chi connectivity index (χ0v) is 12.0. The Hall–Kier alpha value is -1.69. The summed E-state index contributed by atoms with van der Waals surface area (Å²) in [5, 5.41) is 12.7. The quantitative estimate of drug-likeness (QED) is 0.634. The monoisotopic (exact) mass is 276 g/mol. The molecule has 0 spiro atoms. The SMILES string of the molecule is CC(C)(C)n1nnc(SCC(=O)c2ccccc2)n1. The molecule has 1 heterocycles. The number of aromatic nitrogens is 4. The van der Waals surface area contributed by atoms with E-state index in [1.54, 1.807) is 4.80 Å². The van der Waals surface area contributed by atoms with Gasteiger partial charge in [0.25, 0.3) is 0 Å². The fourth-order valence-electron chi connectivity index (χ4n) is 1.38. The van der Waals surface area contributed by atoms with Gasteiger partial charge in [-0.3, -0.25) is 4.79 Å². The van der Waals surface area contributed by atoms with Crippen LogP contribution in [0.1, 0.15) is 31.1 Å². The van der Waals surface area contributed by atoms with E-state index in [4.69, 9.17) is 0 Å². The van der Waals surface area contributed by atoms with Gasteiger partial charge in [-0.2, -0.15) is 4.80 Å². The van der Waals surface area contributed by atoms with Crippen molar-refractivity contribution in [3.63, 3.8) is 0 Å². The molecule has 0 aliphatic heterocycles. The van der Waals surface area contributed by atoms with E-state index in [1.165, 1.54) is 11.8 Å². The van der Waals surface area contributed by atoms with Crippen LogP contribution in [0.25, 0.3) is 0 Å². The maximum Gasteiger partial charge on any atom is 0.231 e. The van der Waals surface area contributed by atoms with E-state index in [0.717, 1.165) is 0 Å². The van der Waals surface area contributed by atoms with Crippen LogP contribution in [0.5, 0.6) is 0 Å². The van der Waals surface area contributed by atoms with Crippen LogP contribution in [-0.4, -0.2) is 31.7 Å². The van der Waals surface area contributed by atoms with Gasteiger partial charge in [-0.05, 0) is 26.0 Å². The number of tetrazole rings is 1. The molecular weight excluding hydrogens is 260 g/mol. The summed E-state index contributed by atoms with van der Waals surface area (Å²) in [6, 6.07) is 9.21. The van der Waals surface area contributed by atoms with E-state index in [2.05, 4.69) is 15.4 Å². The minimum atomic E-state index is -0.199. The minimum absolute atomic E-state index is 0.0673. The van der Waals surface area contributed by atoms with Gasteiger partial charge in [0.15, 0.2) is 5.78 Å². The number of benzene rings is 1. The van der Waals surface area contributed by atoms with Crippen molar-refractivity contribution < 1.29 is 4.79 Å². The predicted molar refractivity (Wildman–Crippen MR) is 74.3 cm³/mol. The molecule has 0 unspecified atom stereocenters. The molecule has 0 atom stereocenters. The molecule has 2 rings (SSSR count). The molecule has 0 fully saturated rings. The molecule has 0 aliphatic carbocycles. The molecule has 0 saturated carbocycles. The van der Waals surface area contributed by atoms with Crippen molar-refractivity contribution in [2.45, 2.75) is 31.5 Å². The normalized spacial score (nSPS) is 11.5. The first-order valence-corrected chi connectivity index (χ1v) is 6.97. The average molecular weight is 276 g/mol. The maximum atomic E-state index is 11.9. The molecule has 0 bridgehead atoms. The Labute approximate surface area is 116 Å². The summed E-state index contributed by atoms with van der Waals surface area (Å²) >= 11 is 1.31. The Morgan fingerprint density at radius 2 is 1.95 bits per heavy atom. The lowest BCUT2D eigenvalue weighted by Gasteiger charge is -2.15. The number of Topliss-reactive ketones (excluding diaryl/α,β-unsaturated/α-hetero) is 1. The van der Waals surface area contributed by atoms with Crippen LogP contribution >= 0.6 is 11.8 Å². The van der Waals surface area contributed by atoms with Gasteiger partial charge in [-0.15, -0.1) is 10.2 Å². The van der Waals surface area contributed by atoms with Crippen LogP contribution < -0.4 is 0 Å². The van der Waals surface area contributed by atoms with Crippen LogP contribution in [-0.2, 0) is 5.54 Å². The zero-order chi connectivity index (χ0) is 13.9. The molecule has 0 N–H and O–H groups in total. The summed E-state index contributed by atoms with van der Waals surface area (Å²) in [6.45, 7) is 5.99. The topological polar surface area (TPSA) is 60.7 Å². The molecule has 1 aromatic carbocycles. The molecule has 1 aromatic heterocycles. The smallest absolute Gasteiger partial charge is 0.231 e. The molecule has 2 aromatic rings. The molecule has 0 radical (unpaired) electrons. The Morgan fingerprint density at radius 3 is 2.53 bits per heavy atom. The van der Waals surface area contributed by atoms with Gasteiger partial charge in [-0.25, -0.2) is 0 Å². The van der Waals surface area contributed by atoms with E-state index in [0.29, 0.717) is 16.5 Å². The van der Waals surface area contributed by atoms with Crippen LogP contribution in [0.4, 0.5) is 0 Å². The highest BCUT2D eigenvalue weighted by Crippen LogP contribution is 2.16. The molecule has 0 aliphatic rings. The summed E-state index contributed by atoms with van der Waals surface area (Å²) in [6.07, 6.45) is 0. The van der Waals surface area contributed by atoms with E-state index in [9.17, 15) is 4.79 Å². The number of carbonyl (C=O) groups is 1. The Kier molecular flexibility index (Phi) is 3.99. The third kappa shape index (κ3) is 3.64. The van der Waals surface area contributed by atoms with Crippen molar-refractivity contribution in [2.24, 2.45) is 0 Å². The van der Waals surface area contributed by atoms with Crippen molar-refractivity contribution in [1.82, 2.24) is 20.2 Å². The molecule has 5 nitrogen and oxygen atoms in total. The molecule has 100 valence electrons. The maximum absolute atomic E-state index is 11.9. The van der Waals surface area contributed by atoms with Crippen LogP contribution in [0.3, 0.4) is 0 Å². The largest absolute Gasteiger partial charge is 0.293 e. The summed E-state index contributed by atoms with van der Waals surface area (Å²) in [7, 11) is 0. The van der Waals surface area contributed by atoms with E-state index >= 15 is 0 Å². The predicted octanol–water partition coefficient (Wildman–Crippen LogP) is 2.40. The van der Waals surface area contributed by atoms with Gasteiger partial charge in [0, 0.05) is 5.56 Å². The van der Waals surface area contributed by atoms with Gasteiger partial charge in [0.05, 0.1) is 11.3 Å². The van der Waals surface area contributed by atoms with E-state index in [-0.39, 0.29) is 11.3 Å². The molecular formula is C13H16N4OS. The van der Waals surface area contributed by atoms with Crippen LogP contribution in [0.15, 0.2) is 35.5 Å². The lowest BCUT2D eigenvalue weighted by Crippen LogP contribution is -2.24. The Morgan fingerprint density at radius 1 is 1.26 bits per heavy atom. The first kappa shape index (κ1) is 13.7. The third-order valence-corrected chi connectivity index (χ3v) is 3.25. The third-order valence-electron chi connectivity index (χ3n) is 2.42. The second-order valence-electron chi connectivity index (χ2n) is 5.11. The van der Waals surface area contributed by atoms with Crippen molar-refractivity contribution in [3.8, 4) is 0 Å². The first-order valence-electron chi connectivity index (χ1n) is 5.98. The van der Waals surface area contributed by atoms with Gasteiger partial charge in [-0.1, -0.05) is 42.1 Å². The van der Waals surface area contributed by atoms with Gasteiger partial charge >= 0.3 is 0 Å². The Bertz CT molecular complexity index is 560. The second-order valence-corrected chi connectivity index (χ2v) is 6.05. The van der Waals surface area contributed by atoms with Gasteiger partial charge in [0.2, 0.25) is 5.16 Å². The lowest BCUT2D eigenvalue weighted by atomic mass is 10.1. The van der Waals surface area contributed by atoms with Crippen molar-refractivity contribution in [1.29, 1.82) is 0 Å². The number of hydrogen-bond acceptors (Lipinski definition) is 5. The van der Waals surface area contributed by atoms with E-state index in [1.807, 2.05) is 51.1 Å². The molecule has 19 heavy (non-hydrogen) atoms. The van der Waals surface area contributed by atoms with Crippen molar-refractivity contribution >= 4 is 17.5 Å². The summed E-state index contributed by atoms with van der Waals surface area (Å²) < 4.78 is 0. The number of carbonyl (C=O) groups excluding carboxylic acids is 1. The number of ketones is 1. The molecule has 0 amide bonds. The summed E-state index contributed by atoms with van der Waals surface area (Å²) in [4.78, 5) is 13.5. The molecule has 0 saturated heterocycles. The minimum Gasteiger partial charge on any atom is -0.293 e. The fraction of sp³-hybridized carbons (Fsp3) is 0.385. The van der Waals surface area contributed by atoms with Crippen LogP contribution in [0, 0.1) is 0 Å².